The molecule has 27 heavy (non-hydrogen) atoms. The monoisotopic (exact) mass is 463 g/mol. The zero-order valence-electron chi connectivity index (χ0n) is 15.1. The van der Waals surface area contributed by atoms with Gasteiger partial charge in [-0.2, -0.15) is 0 Å². The van der Waals surface area contributed by atoms with Crippen molar-refractivity contribution in [2.45, 2.75) is 13.5 Å². The van der Waals surface area contributed by atoms with E-state index in [1.165, 1.54) is 22.2 Å². The molecule has 0 radical (unpaired) electrons. The van der Waals surface area contributed by atoms with Gasteiger partial charge in [-0.3, -0.25) is 9.69 Å². The smallest absolute Gasteiger partial charge is 0.265 e. The molecule has 2 aromatic rings. The highest BCUT2D eigenvalue weighted by Gasteiger charge is 2.28. The number of benzene rings is 2. The summed E-state index contributed by atoms with van der Waals surface area (Å²) in [7, 11) is 3.27. The van der Waals surface area contributed by atoms with E-state index < -0.39 is 0 Å². The van der Waals surface area contributed by atoms with Gasteiger partial charge in [0.05, 0.1) is 16.5 Å². The van der Waals surface area contributed by atoms with Crippen LogP contribution in [-0.2, 0) is 11.4 Å². The molecular weight excluding hydrogens is 446 g/mol. The van der Waals surface area contributed by atoms with Crippen LogP contribution in [0.25, 0.3) is 6.08 Å². The van der Waals surface area contributed by atoms with Gasteiger partial charge in [0.2, 0.25) is 0 Å². The third kappa shape index (κ3) is 4.54. The summed E-state index contributed by atoms with van der Waals surface area (Å²) in [6, 6.07) is 11.9. The van der Waals surface area contributed by atoms with Gasteiger partial charge in [-0.15, -0.1) is 0 Å². The molecule has 0 aliphatic carbocycles. The lowest BCUT2D eigenvalue weighted by atomic mass is 10.1. The van der Waals surface area contributed by atoms with Crippen LogP contribution in [0.5, 0.6) is 11.5 Å². The lowest BCUT2D eigenvalue weighted by molar-refractivity contribution is -0.121. The number of nitrogens with zero attached hydrogens (tertiary/aromatic N) is 1. The van der Waals surface area contributed by atoms with Crippen LogP contribution in [0, 0.1) is 6.92 Å². The first-order chi connectivity index (χ1) is 12.9. The Morgan fingerprint density at radius 1 is 1.26 bits per heavy atom. The summed E-state index contributed by atoms with van der Waals surface area (Å²) in [5.41, 5.74) is 3.11. The standard InChI is InChI=1S/C20H18BrNO3S2/c1-12-4-6-13(7-5-12)11-25-18-15(21)8-14(9-16(18)24-3)10-17-19(23)22(2)20(26)27-17/h4-10H,11H2,1-3H3. The van der Waals surface area contributed by atoms with Crippen molar-refractivity contribution < 1.29 is 14.3 Å². The van der Waals surface area contributed by atoms with Crippen molar-refractivity contribution in [3.05, 3.63) is 62.5 Å². The van der Waals surface area contributed by atoms with E-state index in [-0.39, 0.29) is 5.91 Å². The molecule has 4 nitrogen and oxygen atoms in total. The van der Waals surface area contributed by atoms with E-state index in [4.69, 9.17) is 21.7 Å². The second-order valence-electron chi connectivity index (χ2n) is 6.05. The molecule has 1 fully saturated rings. The van der Waals surface area contributed by atoms with Crippen LogP contribution < -0.4 is 9.47 Å². The van der Waals surface area contributed by atoms with E-state index in [2.05, 4.69) is 35.0 Å². The molecule has 0 spiro atoms. The molecule has 2 aromatic carbocycles. The SMILES string of the molecule is COc1cc(C=C2SC(=S)N(C)C2=O)cc(Br)c1OCc1ccc(C)cc1. The number of thiocarbonyl (C=S) groups is 1. The number of hydrogen-bond donors (Lipinski definition) is 0. The Bertz CT molecular complexity index is 926. The second kappa shape index (κ2) is 8.46. The average Bonchev–Trinajstić information content (AvgIpc) is 2.88. The third-order valence-electron chi connectivity index (χ3n) is 4.04. The molecule has 7 heteroatoms. The molecule has 0 bridgehead atoms. The van der Waals surface area contributed by atoms with Crippen molar-refractivity contribution in [3.63, 3.8) is 0 Å². The van der Waals surface area contributed by atoms with Crippen LogP contribution in [0.15, 0.2) is 45.8 Å². The molecule has 0 saturated carbocycles. The molecule has 1 aliphatic heterocycles. The van der Waals surface area contributed by atoms with Gasteiger partial charge < -0.3 is 9.47 Å². The van der Waals surface area contributed by atoms with Crippen molar-refractivity contribution in [1.29, 1.82) is 0 Å². The number of thioether (sulfide) groups is 1. The highest BCUT2D eigenvalue weighted by Crippen LogP contribution is 2.39. The number of carbonyl (C=O) groups excluding carboxylic acids is 1. The first-order valence-corrected chi connectivity index (χ1v) is 10.2. The molecule has 0 atom stereocenters. The number of aryl methyl sites for hydroxylation is 1. The van der Waals surface area contributed by atoms with E-state index in [0.717, 1.165) is 15.6 Å². The maximum atomic E-state index is 12.2. The van der Waals surface area contributed by atoms with E-state index in [1.807, 2.05) is 24.3 Å². The van der Waals surface area contributed by atoms with E-state index in [9.17, 15) is 4.79 Å². The van der Waals surface area contributed by atoms with Gasteiger partial charge in [0.25, 0.3) is 5.91 Å². The minimum Gasteiger partial charge on any atom is -0.493 e. The summed E-state index contributed by atoms with van der Waals surface area (Å²) < 4.78 is 12.8. The molecule has 1 heterocycles. The fraction of sp³-hybridized carbons (Fsp3) is 0.200. The van der Waals surface area contributed by atoms with Crippen LogP contribution in [0.1, 0.15) is 16.7 Å². The Balaban J connectivity index is 1.84. The maximum absolute atomic E-state index is 12.2. The van der Waals surface area contributed by atoms with Crippen molar-refractivity contribution in [2.75, 3.05) is 14.2 Å². The van der Waals surface area contributed by atoms with Crippen LogP contribution in [0.3, 0.4) is 0 Å². The fourth-order valence-corrected chi connectivity index (χ4v) is 4.25. The van der Waals surface area contributed by atoms with Crippen molar-refractivity contribution >= 4 is 56.2 Å². The van der Waals surface area contributed by atoms with E-state index >= 15 is 0 Å². The number of halogens is 1. The third-order valence-corrected chi connectivity index (χ3v) is 6.11. The van der Waals surface area contributed by atoms with Gasteiger partial charge in [0, 0.05) is 7.05 Å². The molecule has 140 valence electrons. The minimum atomic E-state index is -0.0974. The molecule has 0 unspecified atom stereocenters. The highest BCUT2D eigenvalue weighted by atomic mass is 79.9. The predicted molar refractivity (Wildman–Crippen MR) is 117 cm³/mol. The summed E-state index contributed by atoms with van der Waals surface area (Å²) in [4.78, 5) is 14.2. The van der Waals surface area contributed by atoms with Crippen LogP contribution in [-0.4, -0.2) is 29.3 Å². The van der Waals surface area contributed by atoms with Crippen molar-refractivity contribution in [3.8, 4) is 11.5 Å². The van der Waals surface area contributed by atoms with Gasteiger partial charge in [-0.25, -0.2) is 0 Å². The topological polar surface area (TPSA) is 38.8 Å². The largest absolute Gasteiger partial charge is 0.493 e. The summed E-state index contributed by atoms with van der Waals surface area (Å²) in [6.45, 7) is 2.48. The molecular formula is C20H18BrNO3S2. The predicted octanol–water partition coefficient (Wildman–Crippen LogP) is 5.18. The highest BCUT2D eigenvalue weighted by molar-refractivity contribution is 9.10. The van der Waals surface area contributed by atoms with Gasteiger partial charge in [-0.05, 0) is 52.2 Å². The molecule has 1 aliphatic rings. The van der Waals surface area contributed by atoms with Gasteiger partial charge in [-0.1, -0.05) is 53.8 Å². The number of ether oxygens (including phenoxy) is 2. The summed E-state index contributed by atoms with van der Waals surface area (Å²) in [5.74, 6) is 1.12. The zero-order chi connectivity index (χ0) is 19.6. The van der Waals surface area contributed by atoms with E-state index in [0.29, 0.717) is 27.3 Å². The van der Waals surface area contributed by atoms with Gasteiger partial charge >= 0.3 is 0 Å². The van der Waals surface area contributed by atoms with Gasteiger partial charge in [0.1, 0.15) is 10.9 Å². The number of rotatable bonds is 5. The minimum absolute atomic E-state index is 0.0974. The average molecular weight is 464 g/mol. The van der Waals surface area contributed by atoms with Crippen LogP contribution in [0.2, 0.25) is 0 Å². The number of methoxy groups -OCH3 is 1. The Morgan fingerprint density at radius 3 is 2.56 bits per heavy atom. The number of carbonyl (C=O) groups is 1. The first kappa shape index (κ1) is 19.9. The number of hydrogen-bond acceptors (Lipinski definition) is 5. The van der Waals surface area contributed by atoms with E-state index in [1.54, 1.807) is 20.2 Å². The Kier molecular flexibility index (Phi) is 6.24. The fourth-order valence-electron chi connectivity index (χ4n) is 2.50. The molecule has 0 N–H and O–H groups in total. The maximum Gasteiger partial charge on any atom is 0.265 e. The summed E-state index contributed by atoms with van der Waals surface area (Å²) in [5, 5.41) is 0. The lowest BCUT2D eigenvalue weighted by Gasteiger charge is -2.14. The Morgan fingerprint density at radius 2 is 1.96 bits per heavy atom. The van der Waals surface area contributed by atoms with Crippen molar-refractivity contribution in [2.24, 2.45) is 0 Å². The second-order valence-corrected chi connectivity index (χ2v) is 8.58. The van der Waals surface area contributed by atoms with Crippen molar-refractivity contribution in [1.82, 2.24) is 4.90 Å². The Hall–Kier alpha value is -1.83. The summed E-state index contributed by atoms with van der Waals surface area (Å²) >= 11 is 10.0. The lowest BCUT2D eigenvalue weighted by Crippen LogP contribution is -2.22. The normalized spacial score (nSPS) is 15.6. The molecule has 3 rings (SSSR count). The molecule has 0 aromatic heterocycles. The van der Waals surface area contributed by atoms with Crippen LogP contribution in [0.4, 0.5) is 0 Å². The first-order valence-electron chi connectivity index (χ1n) is 8.16. The van der Waals surface area contributed by atoms with Crippen LogP contribution >= 0.6 is 39.9 Å². The quantitative estimate of drug-likeness (QED) is 0.451. The molecule has 1 amide bonds. The van der Waals surface area contributed by atoms with Gasteiger partial charge in [0.15, 0.2) is 11.5 Å². The zero-order valence-corrected chi connectivity index (χ0v) is 18.3. The Labute approximate surface area is 176 Å². The summed E-state index contributed by atoms with van der Waals surface area (Å²) in [6.07, 6.45) is 1.81. The number of amides is 1. The number of likely N-dealkylation sites (N-methyl/N-ethyl adjacent to an activating group) is 1. The molecule has 1 saturated heterocycles.